The molecular formula is C16H17ClN2O. The monoisotopic (exact) mass is 288 g/mol. The van der Waals surface area contributed by atoms with Crippen molar-refractivity contribution in [2.75, 3.05) is 5.32 Å². The maximum atomic E-state index is 12.2. The van der Waals surface area contributed by atoms with Crippen molar-refractivity contribution in [3.8, 4) is 6.07 Å². The van der Waals surface area contributed by atoms with Crippen LogP contribution in [0, 0.1) is 11.3 Å². The van der Waals surface area contributed by atoms with Crippen LogP contribution in [0.25, 0.3) is 0 Å². The second-order valence-corrected chi connectivity index (χ2v) is 5.40. The lowest BCUT2D eigenvalue weighted by molar-refractivity contribution is -0.112. The molecule has 0 radical (unpaired) electrons. The first-order valence-electron chi connectivity index (χ1n) is 6.90. The average Bonchev–Trinajstić information content (AvgIpc) is 2.71. The average molecular weight is 289 g/mol. The summed E-state index contributed by atoms with van der Waals surface area (Å²) in [6, 6.07) is 8.95. The number of nitrogens with zero attached hydrogens (tertiary/aromatic N) is 1. The second kappa shape index (κ2) is 7.12. The van der Waals surface area contributed by atoms with Gasteiger partial charge in [0.2, 0.25) is 0 Å². The maximum Gasteiger partial charge on any atom is 0.266 e. The van der Waals surface area contributed by atoms with Crippen LogP contribution in [0.3, 0.4) is 0 Å². The van der Waals surface area contributed by atoms with Crippen LogP contribution in [0.1, 0.15) is 38.5 Å². The van der Waals surface area contributed by atoms with Gasteiger partial charge in [-0.2, -0.15) is 5.26 Å². The number of carbonyl (C=O) groups is 1. The Morgan fingerprint density at radius 3 is 2.25 bits per heavy atom. The summed E-state index contributed by atoms with van der Waals surface area (Å²) in [5.41, 5.74) is 1.93. The summed E-state index contributed by atoms with van der Waals surface area (Å²) in [5, 5.41) is 12.6. The Morgan fingerprint density at radius 1 is 1.10 bits per heavy atom. The molecule has 1 fully saturated rings. The summed E-state index contributed by atoms with van der Waals surface area (Å²) in [7, 11) is 0. The van der Waals surface area contributed by atoms with Gasteiger partial charge in [-0.05, 0) is 55.5 Å². The number of benzene rings is 1. The molecule has 0 aromatic heterocycles. The van der Waals surface area contributed by atoms with Crippen LogP contribution in [-0.4, -0.2) is 5.91 Å². The van der Waals surface area contributed by atoms with Gasteiger partial charge in [-0.1, -0.05) is 24.4 Å². The van der Waals surface area contributed by atoms with E-state index in [-0.39, 0.29) is 11.5 Å². The van der Waals surface area contributed by atoms with E-state index in [0.717, 1.165) is 31.3 Å². The van der Waals surface area contributed by atoms with E-state index in [1.165, 1.54) is 12.8 Å². The van der Waals surface area contributed by atoms with E-state index in [2.05, 4.69) is 11.4 Å². The fraction of sp³-hybridized carbons (Fsp3) is 0.375. The Labute approximate surface area is 124 Å². The first-order chi connectivity index (χ1) is 9.70. The van der Waals surface area contributed by atoms with Gasteiger partial charge in [0.05, 0.1) is 0 Å². The van der Waals surface area contributed by atoms with E-state index in [4.69, 9.17) is 11.6 Å². The number of halogens is 1. The molecule has 2 rings (SSSR count). The van der Waals surface area contributed by atoms with Gasteiger partial charge in [0.15, 0.2) is 0 Å². The molecule has 0 atom stereocenters. The van der Waals surface area contributed by atoms with E-state index >= 15 is 0 Å². The zero-order chi connectivity index (χ0) is 14.4. The Bertz CT molecular complexity index is 545. The fourth-order valence-corrected chi connectivity index (χ4v) is 2.55. The smallest absolute Gasteiger partial charge is 0.266 e. The highest BCUT2D eigenvalue weighted by Gasteiger charge is 2.16. The van der Waals surface area contributed by atoms with Crippen molar-refractivity contribution in [1.82, 2.24) is 0 Å². The number of carbonyl (C=O) groups excluding carboxylic acids is 1. The van der Waals surface area contributed by atoms with Crippen molar-refractivity contribution in [3.63, 3.8) is 0 Å². The van der Waals surface area contributed by atoms with Crippen molar-refractivity contribution < 1.29 is 4.79 Å². The van der Waals surface area contributed by atoms with E-state index in [0.29, 0.717) is 10.7 Å². The maximum absolute atomic E-state index is 12.2. The summed E-state index contributed by atoms with van der Waals surface area (Å²) in [6.45, 7) is 0. The normalized spacial score (nSPS) is 15.1. The van der Waals surface area contributed by atoms with Crippen LogP contribution in [0.15, 0.2) is 35.4 Å². The quantitative estimate of drug-likeness (QED) is 0.496. The van der Waals surface area contributed by atoms with Crippen LogP contribution in [-0.2, 0) is 4.79 Å². The molecule has 1 aromatic rings. The molecule has 0 spiro atoms. The predicted molar refractivity (Wildman–Crippen MR) is 80.4 cm³/mol. The third-order valence-corrected chi connectivity index (χ3v) is 3.75. The summed E-state index contributed by atoms with van der Waals surface area (Å²) in [4.78, 5) is 12.2. The lowest BCUT2D eigenvalue weighted by Gasteiger charge is -2.08. The van der Waals surface area contributed by atoms with E-state index in [1.807, 2.05) is 0 Å². The largest absolute Gasteiger partial charge is 0.321 e. The number of allylic oxidation sites excluding steroid dienone is 1. The molecule has 1 saturated carbocycles. The van der Waals surface area contributed by atoms with Gasteiger partial charge in [0, 0.05) is 10.7 Å². The fourth-order valence-electron chi connectivity index (χ4n) is 2.42. The van der Waals surface area contributed by atoms with Gasteiger partial charge < -0.3 is 5.32 Å². The van der Waals surface area contributed by atoms with Crippen molar-refractivity contribution in [3.05, 3.63) is 40.4 Å². The van der Waals surface area contributed by atoms with E-state index in [1.54, 1.807) is 24.3 Å². The molecule has 0 heterocycles. The Morgan fingerprint density at radius 2 is 1.70 bits per heavy atom. The van der Waals surface area contributed by atoms with Crippen LogP contribution < -0.4 is 5.32 Å². The van der Waals surface area contributed by atoms with Crippen molar-refractivity contribution in [2.24, 2.45) is 0 Å². The van der Waals surface area contributed by atoms with Gasteiger partial charge in [0.1, 0.15) is 11.6 Å². The molecule has 1 amide bonds. The molecule has 1 aliphatic carbocycles. The minimum absolute atomic E-state index is 0.279. The highest BCUT2D eigenvalue weighted by molar-refractivity contribution is 6.30. The Hall–Kier alpha value is -1.79. The molecule has 1 aliphatic rings. The molecule has 0 aliphatic heterocycles. The number of nitriles is 1. The molecule has 4 heteroatoms. The van der Waals surface area contributed by atoms with Gasteiger partial charge in [-0.3, -0.25) is 4.79 Å². The Balaban J connectivity index is 2.14. The molecule has 1 aromatic carbocycles. The van der Waals surface area contributed by atoms with Crippen LogP contribution in [0.4, 0.5) is 5.69 Å². The molecule has 0 unspecified atom stereocenters. The highest BCUT2D eigenvalue weighted by Crippen LogP contribution is 2.25. The standard InChI is InChI=1S/C16H17ClN2O/c17-13-7-9-14(10-8-13)19-16(20)15(11-18)12-5-3-1-2-4-6-12/h7-10H,1-6H2,(H,19,20). The molecule has 0 bridgehead atoms. The van der Waals surface area contributed by atoms with Crippen LogP contribution in [0.5, 0.6) is 0 Å². The molecule has 104 valence electrons. The van der Waals surface area contributed by atoms with Gasteiger partial charge in [-0.25, -0.2) is 0 Å². The SMILES string of the molecule is N#CC(C(=O)Nc1ccc(Cl)cc1)=C1CCCCCC1. The van der Waals surface area contributed by atoms with E-state index in [9.17, 15) is 10.1 Å². The predicted octanol–water partition coefficient (Wildman–Crippen LogP) is 4.45. The van der Waals surface area contributed by atoms with Gasteiger partial charge in [-0.15, -0.1) is 0 Å². The first kappa shape index (κ1) is 14.6. The zero-order valence-corrected chi connectivity index (χ0v) is 12.0. The highest BCUT2D eigenvalue weighted by atomic mass is 35.5. The van der Waals surface area contributed by atoms with E-state index < -0.39 is 0 Å². The number of nitrogens with one attached hydrogen (secondary N) is 1. The van der Waals surface area contributed by atoms with Gasteiger partial charge in [0.25, 0.3) is 5.91 Å². The summed E-state index contributed by atoms with van der Waals surface area (Å²) in [5.74, 6) is -0.313. The van der Waals surface area contributed by atoms with Crippen LogP contribution in [0.2, 0.25) is 5.02 Å². The summed E-state index contributed by atoms with van der Waals surface area (Å²) < 4.78 is 0. The van der Waals surface area contributed by atoms with Crippen LogP contribution >= 0.6 is 11.6 Å². The zero-order valence-electron chi connectivity index (χ0n) is 11.3. The molecule has 1 N–H and O–H groups in total. The van der Waals surface area contributed by atoms with Crippen molar-refractivity contribution in [2.45, 2.75) is 38.5 Å². The molecule has 3 nitrogen and oxygen atoms in total. The molecule has 20 heavy (non-hydrogen) atoms. The van der Waals surface area contributed by atoms with Gasteiger partial charge >= 0.3 is 0 Å². The lowest BCUT2D eigenvalue weighted by atomic mass is 10.0. The Kier molecular flexibility index (Phi) is 5.20. The minimum atomic E-state index is -0.313. The molecular weight excluding hydrogens is 272 g/mol. The lowest BCUT2D eigenvalue weighted by Crippen LogP contribution is -2.15. The second-order valence-electron chi connectivity index (χ2n) is 4.97. The third-order valence-electron chi connectivity index (χ3n) is 3.50. The third kappa shape index (κ3) is 3.85. The number of amides is 1. The number of rotatable bonds is 2. The topological polar surface area (TPSA) is 52.9 Å². The summed E-state index contributed by atoms with van der Waals surface area (Å²) in [6.07, 6.45) is 6.21. The first-order valence-corrected chi connectivity index (χ1v) is 7.27. The molecule has 0 saturated heterocycles. The number of hydrogen-bond donors (Lipinski definition) is 1. The summed E-state index contributed by atoms with van der Waals surface area (Å²) >= 11 is 5.80. The van der Waals surface area contributed by atoms with Crippen molar-refractivity contribution >= 4 is 23.2 Å². The van der Waals surface area contributed by atoms with Crippen molar-refractivity contribution in [1.29, 1.82) is 5.26 Å². The number of hydrogen-bond acceptors (Lipinski definition) is 2. The number of anilines is 1. The minimum Gasteiger partial charge on any atom is -0.321 e.